The third-order valence-electron chi connectivity index (χ3n) is 4.63. The summed E-state index contributed by atoms with van der Waals surface area (Å²) >= 11 is 1.60. The summed E-state index contributed by atoms with van der Waals surface area (Å²) in [6, 6.07) is 4.15. The Morgan fingerprint density at radius 3 is 3.04 bits per heavy atom. The van der Waals surface area contributed by atoms with Gasteiger partial charge in [0.1, 0.15) is 0 Å². The number of thiophene rings is 1. The predicted molar refractivity (Wildman–Crippen MR) is 95.2 cm³/mol. The molecule has 1 saturated heterocycles. The second-order valence-corrected chi connectivity index (χ2v) is 7.24. The molecule has 2 aliphatic rings. The number of hydrogen-bond donors (Lipinski definition) is 1. The number of hydrogen-bond acceptors (Lipinski definition) is 5. The first-order chi connectivity index (χ1) is 12.3. The second kappa shape index (κ2) is 7.51. The highest BCUT2D eigenvalue weighted by Gasteiger charge is 2.28. The molecule has 0 spiro atoms. The number of amides is 1. The lowest BCUT2D eigenvalue weighted by molar-refractivity contribution is -0.117. The van der Waals surface area contributed by atoms with Crippen LogP contribution in [0.25, 0.3) is 6.08 Å². The Labute approximate surface area is 150 Å². The SMILES string of the molecule is O=C(/C=C/c1cccs1)NC1COCc2c1cnn2C1CCOCC1. The molecule has 1 amide bonds. The Balaban J connectivity index is 1.46. The molecule has 1 fully saturated rings. The van der Waals surface area contributed by atoms with Gasteiger partial charge in [0, 0.05) is 29.7 Å². The Kier molecular flexibility index (Phi) is 4.96. The van der Waals surface area contributed by atoms with Gasteiger partial charge in [-0.3, -0.25) is 9.48 Å². The zero-order valence-corrected chi connectivity index (χ0v) is 14.7. The predicted octanol–water partition coefficient (Wildman–Crippen LogP) is 2.70. The van der Waals surface area contributed by atoms with Gasteiger partial charge in [0.25, 0.3) is 0 Å². The van der Waals surface area contributed by atoms with Gasteiger partial charge in [-0.05, 0) is 30.4 Å². The summed E-state index contributed by atoms with van der Waals surface area (Å²) < 4.78 is 13.2. The smallest absolute Gasteiger partial charge is 0.244 e. The normalized spacial score (nSPS) is 21.4. The molecule has 2 aromatic rings. The first-order valence-electron chi connectivity index (χ1n) is 8.55. The minimum atomic E-state index is -0.155. The summed E-state index contributed by atoms with van der Waals surface area (Å²) in [4.78, 5) is 13.3. The van der Waals surface area contributed by atoms with Crippen LogP contribution in [0.2, 0.25) is 0 Å². The van der Waals surface area contributed by atoms with Gasteiger partial charge in [-0.15, -0.1) is 11.3 Å². The van der Waals surface area contributed by atoms with Crippen molar-refractivity contribution in [2.75, 3.05) is 19.8 Å². The van der Waals surface area contributed by atoms with Gasteiger partial charge in [0.2, 0.25) is 5.91 Å². The molecular formula is C18H21N3O3S. The summed E-state index contributed by atoms with van der Waals surface area (Å²) in [6.07, 6.45) is 7.21. The molecule has 4 rings (SSSR count). The van der Waals surface area contributed by atoms with E-state index in [2.05, 4.69) is 15.1 Å². The molecule has 25 heavy (non-hydrogen) atoms. The van der Waals surface area contributed by atoms with Crippen molar-refractivity contribution < 1.29 is 14.3 Å². The van der Waals surface area contributed by atoms with Crippen LogP contribution in [0.4, 0.5) is 0 Å². The molecule has 0 saturated carbocycles. The van der Waals surface area contributed by atoms with E-state index in [0.717, 1.165) is 42.2 Å². The van der Waals surface area contributed by atoms with Crippen molar-refractivity contribution in [3.8, 4) is 0 Å². The Morgan fingerprint density at radius 2 is 2.24 bits per heavy atom. The van der Waals surface area contributed by atoms with Gasteiger partial charge in [-0.25, -0.2) is 0 Å². The van der Waals surface area contributed by atoms with Crippen molar-refractivity contribution in [3.63, 3.8) is 0 Å². The quantitative estimate of drug-likeness (QED) is 0.853. The van der Waals surface area contributed by atoms with E-state index in [1.165, 1.54) is 0 Å². The summed E-state index contributed by atoms with van der Waals surface area (Å²) in [5, 5.41) is 9.60. The van der Waals surface area contributed by atoms with E-state index in [1.54, 1.807) is 17.4 Å². The van der Waals surface area contributed by atoms with Gasteiger partial charge < -0.3 is 14.8 Å². The Hall–Kier alpha value is -1.96. The Bertz CT molecular complexity index is 748. The van der Waals surface area contributed by atoms with Crippen LogP contribution in [0.3, 0.4) is 0 Å². The molecule has 1 N–H and O–H groups in total. The standard InChI is InChI=1S/C18H21N3O3S/c22-18(4-3-14-2-1-9-25-14)20-16-11-24-12-17-15(16)10-19-21(17)13-5-7-23-8-6-13/h1-4,9-10,13,16H,5-8,11-12H2,(H,20,22)/b4-3+. The highest BCUT2D eigenvalue weighted by atomic mass is 32.1. The summed E-state index contributed by atoms with van der Waals surface area (Å²) in [6.45, 7) is 2.57. The summed E-state index contributed by atoms with van der Waals surface area (Å²) in [5.74, 6) is -0.117. The van der Waals surface area contributed by atoms with Gasteiger partial charge in [-0.2, -0.15) is 5.10 Å². The zero-order chi connectivity index (χ0) is 17.1. The lowest BCUT2D eigenvalue weighted by Crippen LogP contribution is -2.34. The maximum Gasteiger partial charge on any atom is 0.244 e. The van der Waals surface area contributed by atoms with Crippen molar-refractivity contribution in [1.29, 1.82) is 0 Å². The van der Waals surface area contributed by atoms with Gasteiger partial charge >= 0.3 is 0 Å². The number of fused-ring (bicyclic) bond motifs is 1. The summed E-state index contributed by atoms with van der Waals surface area (Å²) in [5.41, 5.74) is 2.14. The fourth-order valence-corrected chi connectivity index (χ4v) is 3.95. The van der Waals surface area contributed by atoms with Crippen LogP contribution < -0.4 is 5.32 Å². The molecule has 6 nitrogen and oxygen atoms in total. The fourth-order valence-electron chi connectivity index (χ4n) is 3.33. The van der Waals surface area contributed by atoms with E-state index >= 15 is 0 Å². The molecule has 0 aromatic carbocycles. The minimum Gasteiger partial charge on any atom is -0.381 e. The Morgan fingerprint density at radius 1 is 1.36 bits per heavy atom. The molecular weight excluding hydrogens is 338 g/mol. The lowest BCUT2D eigenvalue weighted by atomic mass is 10.0. The van der Waals surface area contributed by atoms with E-state index in [4.69, 9.17) is 9.47 Å². The maximum atomic E-state index is 12.2. The molecule has 0 radical (unpaired) electrons. The number of carbonyl (C=O) groups excluding carboxylic acids is 1. The highest BCUT2D eigenvalue weighted by molar-refractivity contribution is 7.10. The third kappa shape index (κ3) is 3.68. The monoisotopic (exact) mass is 359 g/mol. The average Bonchev–Trinajstić information content (AvgIpc) is 3.31. The van der Waals surface area contributed by atoms with Crippen molar-refractivity contribution in [1.82, 2.24) is 15.1 Å². The van der Waals surface area contributed by atoms with Crippen LogP contribution >= 0.6 is 11.3 Å². The average molecular weight is 359 g/mol. The molecule has 2 aliphatic heterocycles. The van der Waals surface area contributed by atoms with Gasteiger partial charge in [-0.1, -0.05) is 6.07 Å². The third-order valence-corrected chi connectivity index (χ3v) is 5.46. The van der Waals surface area contributed by atoms with E-state index < -0.39 is 0 Å². The number of nitrogens with one attached hydrogen (secondary N) is 1. The van der Waals surface area contributed by atoms with E-state index in [0.29, 0.717) is 19.3 Å². The zero-order valence-electron chi connectivity index (χ0n) is 13.9. The number of nitrogens with zero attached hydrogens (tertiary/aromatic N) is 2. The maximum absolute atomic E-state index is 12.2. The van der Waals surface area contributed by atoms with Crippen molar-refractivity contribution in [2.45, 2.75) is 31.5 Å². The van der Waals surface area contributed by atoms with Crippen molar-refractivity contribution in [3.05, 3.63) is 45.9 Å². The summed E-state index contributed by atoms with van der Waals surface area (Å²) in [7, 11) is 0. The van der Waals surface area contributed by atoms with Crippen LogP contribution in [0.1, 0.15) is 41.1 Å². The number of ether oxygens (including phenoxy) is 2. The number of carbonyl (C=O) groups is 1. The van der Waals surface area contributed by atoms with E-state index in [-0.39, 0.29) is 11.9 Å². The number of aromatic nitrogens is 2. The van der Waals surface area contributed by atoms with Crippen LogP contribution in [0.15, 0.2) is 29.8 Å². The van der Waals surface area contributed by atoms with Crippen LogP contribution in [-0.4, -0.2) is 35.5 Å². The molecule has 7 heteroatoms. The first kappa shape index (κ1) is 16.5. The largest absolute Gasteiger partial charge is 0.381 e. The molecule has 1 atom stereocenters. The van der Waals surface area contributed by atoms with Crippen molar-refractivity contribution >= 4 is 23.3 Å². The van der Waals surface area contributed by atoms with Crippen LogP contribution in [0, 0.1) is 0 Å². The minimum absolute atomic E-state index is 0.117. The molecule has 0 aliphatic carbocycles. The second-order valence-electron chi connectivity index (χ2n) is 6.26. The topological polar surface area (TPSA) is 65.4 Å². The molecule has 1 unspecified atom stereocenters. The molecule has 2 aromatic heterocycles. The van der Waals surface area contributed by atoms with Gasteiger partial charge in [0.05, 0.1) is 37.2 Å². The lowest BCUT2D eigenvalue weighted by Gasteiger charge is -2.28. The van der Waals surface area contributed by atoms with E-state index in [9.17, 15) is 4.79 Å². The highest BCUT2D eigenvalue weighted by Crippen LogP contribution is 2.30. The molecule has 132 valence electrons. The van der Waals surface area contributed by atoms with Crippen molar-refractivity contribution in [2.24, 2.45) is 0 Å². The van der Waals surface area contributed by atoms with Crippen LogP contribution in [0.5, 0.6) is 0 Å². The molecule has 4 heterocycles. The fraction of sp³-hybridized carbons (Fsp3) is 0.444. The van der Waals surface area contributed by atoms with E-state index in [1.807, 2.05) is 29.8 Å². The van der Waals surface area contributed by atoms with Gasteiger partial charge in [0.15, 0.2) is 0 Å². The van der Waals surface area contributed by atoms with Crippen LogP contribution in [-0.2, 0) is 20.9 Å². The molecule has 0 bridgehead atoms. The number of rotatable bonds is 4. The first-order valence-corrected chi connectivity index (χ1v) is 9.43.